The van der Waals surface area contributed by atoms with Crippen LogP contribution in [0.15, 0.2) is 54.6 Å². The van der Waals surface area contributed by atoms with Gasteiger partial charge in [-0.1, -0.05) is 42.5 Å². The molecule has 0 aromatic heterocycles. The minimum atomic E-state index is 0. The maximum absolute atomic E-state index is 12.7. The molecule has 0 radical (unpaired) electrons. The molecule has 0 saturated carbocycles. The molecule has 4 heteroatoms. The van der Waals surface area contributed by atoms with Crippen LogP contribution in [0.2, 0.25) is 0 Å². The minimum Gasteiger partial charge on any atom is -0.335 e. The van der Waals surface area contributed by atoms with Crippen LogP contribution in [0.25, 0.3) is 0 Å². The molecule has 0 aliphatic carbocycles. The summed E-state index contributed by atoms with van der Waals surface area (Å²) in [5, 5.41) is 0. The molecule has 2 aromatic carbocycles. The molecule has 23 heavy (non-hydrogen) atoms. The number of nitrogens with zero attached hydrogens (tertiary/aromatic N) is 1. The van der Waals surface area contributed by atoms with Crippen LogP contribution in [0.5, 0.6) is 0 Å². The van der Waals surface area contributed by atoms with Crippen LogP contribution >= 0.6 is 12.4 Å². The number of rotatable bonds is 4. The molecule has 122 valence electrons. The van der Waals surface area contributed by atoms with E-state index in [0.29, 0.717) is 12.6 Å². The average molecular weight is 331 g/mol. The van der Waals surface area contributed by atoms with Crippen LogP contribution in [0, 0.1) is 0 Å². The van der Waals surface area contributed by atoms with Crippen molar-refractivity contribution < 1.29 is 4.79 Å². The Labute approximate surface area is 143 Å². The van der Waals surface area contributed by atoms with E-state index in [9.17, 15) is 4.79 Å². The third kappa shape index (κ3) is 4.12. The van der Waals surface area contributed by atoms with Crippen molar-refractivity contribution in [1.82, 2.24) is 4.90 Å². The van der Waals surface area contributed by atoms with Crippen molar-refractivity contribution in [3.05, 3.63) is 71.3 Å². The molecule has 1 fully saturated rings. The molecule has 3 rings (SSSR count). The zero-order valence-electron chi connectivity index (χ0n) is 13.2. The number of halogens is 1. The van der Waals surface area contributed by atoms with Crippen molar-refractivity contribution >= 4 is 18.3 Å². The summed E-state index contributed by atoms with van der Waals surface area (Å²) in [5.74, 6) is 0.141. The van der Waals surface area contributed by atoms with Gasteiger partial charge in [-0.25, -0.2) is 0 Å². The molecule has 2 aromatic rings. The highest BCUT2D eigenvalue weighted by Gasteiger charge is 2.29. The summed E-state index contributed by atoms with van der Waals surface area (Å²) in [7, 11) is 0. The smallest absolute Gasteiger partial charge is 0.254 e. The Morgan fingerprint density at radius 2 is 1.74 bits per heavy atom. The van der Waals surface area contributed by atoms with Crippen LogP contribution in [0.3, 0.4) is 0 Å². The zero-order chi connectivity index (χ0) is 15.4. The fourth-order valence-electron chi connectivity index (χ4n) is 3.15. The largest absolute Gasteiger partial charge is 0.335 e. The first kappa shape index (κ1) is 17.5. The van der Waals surface area contributed by atoms with Crippen LogP contribution < -0.4 is 5.73 Å². The van der Waals surface area contributed by atoms with Crippen molar-refractivity contribution in [2.45, 2.75) is 31.8 Å². The number of carbonyl (C=O) groups is 1. The highest BCUT2D eigenvalue weighted by Crippen LogP contribution is 2.23. The number of carbonyl (C=O) groups excluding carboxylic acids is 1. The minimum absolute atomic E-state index is 0. The molecule has 1 amide bonds. The van der Waals surface area contributed by atoms with Gasteiger partial charge in [0.2, 0.25) is 0 Å². The van der Waals surface area contributed by atoms with Gasteiger partial charge in [0.1, 0.15) is 0 Å². The van der Waals surface area contributed by atoms with E-state index in [1.165, 1.54) is 5.56 Å². The number of nitrogens with two attached hydrogens (primary N) is 1. The Kier molecular flexibility index (Phi) is 6.20. The molecular weight excluding hydrogens is 308 g/mol. The molecule has 1 atom stereocenters. The lowest BCUT2D eigenvalue weighted by atomic mass is 10.0. The number of likely N-dealkylation sites (tertiary alicyclic amines) is 1. The summed E-state index contributed by atoms with van der Waals surface area (Å²) in [6.45, 7) is 1.36. The molecule has 3 nitrogen and oxygen atoms in total. The zero-order valence-corrected chi connectivity index (χ0v) is 14.0. The fraction of sp³-hybridized carbons (Fsp3) is 0.316. The number of amides is 1. The molecule has 1 heterocycles. The van der Waals surface area contributed by atoms with Crippen LogP contribution in [0.1, 0.15) is 34.3 Å². The van der Waals surface area contributed by atoms with Crippen molar-refractivity contribution in [2.24, 2.45) is 5.73 Å². The maximum atomic E-state index is 12.7. The van der Waals surface area contributed by atoms with Gasteiger partial charge in [-0.3, -0.25) is 4.79 Å². The second-order valence-corrected chi connectivity index (χ2v) is 5.89. The second-order valence-electron chi connectivity index (χ2n) is 5.89. The Morgan fingerprint density at radius 3 is 2.39 bits per heavy atom. The summed E-state index contributed by atoms with van der Waals surface area (Å²) in [4.78, 5) is 14.8. The lowest BCUT2D eigenvalue weighted by molar-refractivity contribution is 0.0736. The van der Waals surface area contributed by atoms with E-state index in [1.54, 1.807) is 0 Å². The molecule has 1 aliphatic heterocycles. The monoisotopic (exact) mass is 330 g/mol. The van der Waals surface area contributed by atoms with Crippen molar-refractivity contribution in [3.8, 4) is 0 Å². The fourth-order valence-corrected chi connectivity index (χ4v) is 3.15. The number of hydrogen-bond donors (Lipinski definition) is 1. The summed E-state index contributed by atoms with van der Waals surface area (Å²) in [6.07, 6.45) is 3.11. The van der Waals surface area contributed by atoms with E-state index in [2.05, 4.69) is 24.3 Å². The summed E-state index contributed by atoms with van der Waals surface area (Å²) in [5.41, 5.74) is 8.72. The van der Waals surface area contributed by atoms with Crippen molar-refractivity contribution in [1.29, 1.82) is 0 Å². The first-order valence-electron chi connectivity index (χ1n) is 7.92. The van der Waals surface area contributed by atoms with Crippen molar-refractivity contribution in [2.75, 3.05) is 6.54 Å². The molecule has 1 saturated heterocycles. The lowest BCUT2D eigenvalue weighted by Gasteiger charge is -2.25. The first-order valence-corrected chi connectivity index (χ1v) is 7.92. The standard InChI is InChI=1S/C19H22N2O.ClH/c20-14-16-8-10-17(11-9-16)19(22)21-12-4-7-18(21)13-15-5-2-1-3-6-15;/h1-3,5-6,8-11,18H,4,7,12-14,20H2;1H. The van der Waals surface area contributed by atoms with Gasteiger partial charge in [-0.15, -0.1) is 12.4 Å². The topological polar surface area (TPSA) is 46.3 Å². The van der Waals surface area contributed by atoms with Gasteiger partial charge in [0.25, 0.3) is 5.91 Å². The summed E-state index contributed by atoms with van der Waals surface area (Å²) >= 11 is 0. The van der Waals surface area contributed by atoms with Gasteiger partial charge in [0.15, 0.2) is 0 Å². The Balaban J connectivity index is 0.00000192. The Hall–Kier alpha value is -1.84. The predicted molar refractivity (Wildman–Crippen MR) is 95.8 cm³/mol. The lowest BCUT2D eigenvalue weighted by Crippen LogP contribution is -2.36. The Morgan fingerprint density at radius 1 is 1.04 bits per heavy atom. The molecule has 0 spiro atoms. The number of hydrogen-bond acceptors (Lipinski definition) is 2. The number of benzene rings is 2. The summed E-state index contributed by atoms with van der Waals surface area (Å²) in [6, 6.07) is 18.4. The van der Waals surface area contributed by atoms with Gasteiger partial charge in [0.05, 0.1) is 0 Å². The van der Waals surface area contributed by atoms with E-state index in [-0.39, 0.29) is 18.3 Å². The van der Waals surface area contributed by atoms with Gasteiger partial charge in [-0.05, 0) is 42.5 Å². The van der Waals surface area contributed by atoms with Crippen LogP contribution in [0.4, 0.5) is 0 Å². The first-order chi connectivity index (χ1) is 10.8. The Bertz CT molecular complexity index is 628. The molecule has 2 N–H and O–H groups in total. The maximum Gasteiger partial charge on any atom is 0.254 e. The SMILES string of the molecule is Cl.NCc1ccc(C(=O)N2CCCC2Cc2ccccc2)cc1. The van der Waals surface area contributed by atoms with E-state index >= 15 is 0 Å². The second kappa shape index (κ2) is 8.14. The van der Waals surface area contributed by atoms with Crippen molar-refractivity contribution in [3.63, 3.8) is 0 Å². The third-order valence-corrected chi connectivity index (χ3v) is 4.39. The van der Waals surface area contributed by atoms with Gasteiger partial charge in [-0.2, -0.15) is 0 Å². The van der Waals surface area contributed by atoms with Crippen LogP contribution in [-0.2, 0) is 13.0 Å². The highest BCUT2D eigenvalue weighted by atomic mass is 35.5. The van der Waals surface area contributed by atoms with E-state index in [0.717, 1.165) is 36.9 Å². The normalized spacial score (nSPS) is 16.9. The van der Waals surface area contributed by atoms with Gasteiger partial charge >= 0.3 is 0 Å². The molecular formula is C19H23ClN2O. The highest BCUT2D eigenvalue weighted by molar-refractivity contribution is 5.94. The molecule has 1 aliphatic rings. The molecule has 0 bridgehead atoms. The van der Waals surface area contributed by atoms with Gasteiger partial charge in [0, 0.05) is 24.7 Å². The van der Waals surface area contributed by atoms with E-state index in [4.69, 9.17) is 5.73 Å². The predicted octanol–water partition coefficient (Wildman–Crippen LogP) is 3.41. The van der Waals surface area contributed by atoms with E-state index < -0.39 is 0 Å². The quantitative estimate of drug-likeness (QED) is 0.933. The molecule has 1 unspecified atom stereocenters. The van der Waals surface area contributed by atoms with E-state index in [1.807, 2.05) is 35.2 Å². The summed E-state index contributed by atoms with van der Waals surface area (Å²) < 4.78 is 0. The van der Waals surface area contributed by atoms with Gasteiger partial charge < -0.3 is 10.6 Å². The third-order valence-electron chi connectivity index (χ3n) is 4.39. The van der Waals surface area contributed by atoms with Crippen LogP contribution in [-0.4, -0.2) is 23.4 Å². The average Bonchev–Trinajstić information content (AvgIpc) is 3.03.